The number of hydrogen-bond donors (Lipinski definition) is 0. The third-order valence-corrected chi connectivity index (χ3v) is 1.41. The molecule has 0 aromatic heterocycles. The van der Waals surface area contributed by atoms with Gasteiger partial charge in [0, 0.05) is 12.8 Å². The standard InChI is InChI=1S/C7H13BO/c1-3-6(8)5-7(9)4-2/h6H,3-5H2,1-2H3. The monoisotopic (exact) mass is 124 g/mol. The fraction of sp³-hybridized carbons (Fsp3) is 0.857. The first-order valence-corrected chi connectivity index (χ1v) is 3.48. The Morgan fingerprint density at radius 3 is 2.44 bits per heavy atom. The Balaban J connectivity index is 3.34. The molecule has 0 spiro atoms. The first kappa shape index (κ1) is 8.73. The van der Waals surface area contributed by atoms with Crippen molar-refractivity contribution in [3.8, 4) is 0 Å². The average Bonchev–Trinajstić information content (AvgIpc) is 1.87. The Kier molecular flexibility index (Phi) is 4.46. The molecule has 0 amide bonds. The van der Waals surface area contributed by atoms with Crippen molar-refractivity contribution in [1.29, 1.82) is 0 Å². The van der Waals surface area contributed by atoms with Gasteiger partial charge in [-0.25, -0.2) is 0 Å². The molecule has 0 aliphatic heterocycles. The van der Waals surface area contributed by atoms with Crippen molar-refractivity contribution in [1.82, 2.24) is 0 Å². The van der Waals surface area contributed by atoms with E-state index in [4.69, 9.17) is 7.85 Å². The number of Topliss-reactive ketones (excluding diaryl/α,β-unsaturated/α-hetero) is 1. The van der Waals surface area contributed by atoms with E-state index >= 15 is 0 Å². The molecule has 0 heterocycles. The van der Waals surface area contributed by atoms with Crippen LogP contribution in [0.25, 0.3) is 0 Å². The lowest BCUT2D eigenvalue weighted by molar-refractivity contribution is -0.118. The molecular formula is C7H13BO. The van der Waals surface area contributed by atoms with Gasteiger partial charge < -0.3 is 0 Å². The van der Waals surface area contributed by atoms with Gasteiger partial charge in [0.1, 0.15) is 5.78 Å². The van der Waals surface area contributed by atoms with E-state index in [1.54, 1.807) is 0 Å². The Bertz CT molecular complexity index is 90.9. The molecule has 0 aliphatic carbocycles. The zero-order valence-electron chi connectivity index (χ0n) is 6.18. The molecule has 1 nitrogen and oxygen atoms in total. The lowest BCUT2D eigenvalue weighted by atomic mass is 9.81. The van der Waals surface area contributed by atoms with Crippen LogP contribution in [-0.4, -0.2) is 13.6 Å². The van der Waals surface area contributed by atoms with Crippen molar-refractivity contribution in [3.05, 3.63) is 0 Å². The van der Waals surface area contributed by atoms with Gasteiger partial charge in [0.25, 0.3) is 0 Å². The third kappa shape index (κ3) is 4.25. The van der Waals surface area contributed by atoms with E-state index in [1.165, 1.54) is 0 Å². The Morgan fingerprint density at radius 2 is 2.11 bits per heavy atom. The first-order chi connectivity index (χ1) is 4.20. The van der Waals surface area contributed by atoms with Gasteiger partial charge in [-0.1, -0.05) is 26.1 Å². The Labute approximate surface area is 58.2 Å². The van der Waals surface area contributed by atoms with Crippen LogP contribution < -0.4 is 0 Å². The number of carbonyl (C=O) groups excluding carboxylic acids is 1. The lowest BCUT2D eigenvalue weighted by Gasteiger charge is -2.04. The van der Waals surface area contributed by atoms with Gasteiger partial charge in [-0.15, -0.1) is 0 Å². The van der Waals surface area contributed by atoms with Crippen molar-refractivity contribution in [2.75, 3.05) is 0 Å². The van der Waals surface area contributed by atoms with E-state index in [1.807, 2.05) is 13.8 Å². The molecule has 50 valence electrons. The summed E-state index contributed by atoms with van der Waals surface area (Å²) in [6.45, 7) is 3.86. The highest BCUT2D eigenvalue weighted by atomic mass is 16.1. The van der Waals surface area contributed by atoms with E-state index < -0.39 is 0 Å². The van der Waals surface area contributed by atoms with Gasteiger partial charge in [0.15, 0.2) is 0 Å². The summed E-state index contributed by atoms with van der Waals surface area (Å²) in [6.07, 6.45) is 2.06. The summed E-state index contributed by atoms with van der Waals surface area (Å²) in [5.74, 6) is 0.349. The van der Waals surface area contributed by atoms with Crippen LogP contribution in [0.2, 0.25) is 5.82 Å². The Hall–Kier alpha value is -0.265. The molecule has 0 saturated carbocycles. The highest BCUT2D eigenvalue weighted by molar-refractivity contribution is 6.13. The van der Waals surface area contributed by atoms with Crippen LogP contribution >= 0.6 is 0 Å². The second-order valence-electron chi connectivity index (χ2n) is 2.26. The van der Waals surface area contributed by atoms with Crippen LogP contribution in [0.15, 0.2) is 0 Å². The smallest absolute Gasteiger partial charge is 0.132 e. The number of rotatable bonds is 4. The number of ketones is 1. The first-order valence-electron chi connectivity index (χ1n) is 3.48. The summed E-state index contributed by atoms with van der Waals surface area (Å²) in [6, 6.07) is 0. The van der Waals surface area contributed by atoms with E-state index in [-0.39, 0.29) is 11.6 Å². The Morgan fingerprint density at radius 1 is 1.56 bits per heavy atom. The van der Waals surface area contributed by atoms with Crippen LogP contribution in [0.3, 0.4) is 0 Å². The topological polar surface area (TPSA) is 17.1 Å². The lowest BCUT2D eigenvalue weighted by Crippen LogP contribution is -2.00. The zero-order chi connectivity index (χ0) is 7.28. The molecule has 0 N–H and O–H groups in total. The molecule has 9 heavy (non-hydrogen) atoms. The summed E-state index contributed by atoms with van der Waals surface area (Å²) < 4.78 is 0. The largest absolute Gasteiger partial charge is 0.300 e. The quantitative estimate of drug-likeness (QED) is 0.521. The molecule has 0 aromatic carbocycles. The zero-order valence-corrected chi connectivity index (χ0v) is 6.18. The summed E-state index contributed by atoms with van der Waals surface area (Å²) in [5.41, 5.74) is 0. The molecule has 0 fully saturated rings. The summed E-state index contributed by atoms with van der Waals surface area (Å²) >= 11 is 0. The maximum atomic E-state index is 10.7. The molecule has 0 aliphatic rings. The summed E-state index contributed by atoms with van der Waals surface area (Å²) in [7, 11) is 5.53. The molecule has 1 atom stereocenters. The van der Waals surface area contributed by atoms with Crippen molar-refractivity contribution in [2.24, 2.45) is 0 Å². The van der Waals surface area contributed by atoms with Gasteiger partial charge in [-0.05, 0) is 0 Å². The van der Waals surface area contributed by atoms with Crippen LogP contribution in [0.4, 0.5) is 0 Å². The number of carbonyl (C=O) groups is 1. The third-order valence-electron chi connectivity index (χ3n) is 1.41. The van der Waals surface area contributed by atoms with E-state index in [2.05, 4.69) is 0 Å². The minimum Gasteiger partial charge on any atom is -0.300 e. The van der Waals surface area contributed by atoms with Crippen LogP contribution in [0.1, 0.15) is 33.1 Å². The molecular weight excluding hydrogens is 111 g/mol. The molecule has 1 unspecified atom stereocenters. The van der Waals surface area contributed by atoms with Crippen molar-refractivity contribution in [3.63, 3.8) is 0 Å². The van der Waals surface area contributed by atoms with Gasteiger partial charge in [-0.2, -0.15) is 0 Å². The van der Waals surface area contributed by atoms with E-state index in [0.29, 0.717) is 12.8 Å². The second-order valence-corrected chi connectivity index (χ2v) is 2.26. The van der Waals surface area contributed by atoms with Gasteiger partial charge >= 0.3 is 0 Å². The SMILES string of the molecule is [B]C(CC)CC(=O)CC. The van der Waals surface area contributed by atoms with Crippen LogP contribution in [-0.2, 0) is 4.79 Å². The van der Waals surface area contributed by atoms with Crippen LogP contribution in [0, 0.1) is 0 Å². The summed E-state index contributed by atoms with van der Waals surface area (Å²) in [5, 5.41) is 0. The van der Waals surface area contributed by atoms with E-state index in [0.717, 1.165) is 6.42 Å². The molecule has 0 rings (SSSR count). The molecule has 2 heteroatoms. The molecule has 2 radical (unpaired) electrons. The highest BCUT2D eigenvalue weighted by Crippen LogP contribution is 2.10. The van der Waals surface area contributed by atoms with E-state index in [9.17, 15) is 4.79 Å². The predicted octanol–water partition coefficient (Wildman–Crippen LogP) is 1.72. The maximum absolute atomic E-state index is 10.7. The predicted molar refractivity (Wildman–Crippen MR) is 39.7 cm³/mol. The van der Waals surface area contributed by atoms with Gasteiger partial charge in [0.2, 0.25) is 0 Å². The number of hydrogen-bond acceptors (Lipinski definition) is 1. The normalized spacial score (nSPS) is 13.1. The fourth-order valence-corrected chi connectivity index (χ4v) is 0.581. The molecule has 0 bridgehead atoms. The van der Waals surface area contributed by atoms with Crippen LogP contribution in [0.5, 0.6) is 0 Å². The second kappa shape index (κ2) is 4.60. The maximum Gasteiger partial charge on any atom is 0.132 e. The van der Waals surface area contributed by atoms with Crippen molar-refractivity contribution in [2.45, 2.75) is 38.9 Å². The average molecular weight is 124 g/mol. The minimum atomic E-state index is 0.0810. The fourth-order valence-electron chi connectivity index (χ4n) is 0.581. The molecule has 0 aromatic rings. The highest BCUT2D eigenvalue weighted by Gasteiger charge is 2.03. The van der Waals surface area contributed by atoms with Gasteiger partial charge in [0.05, 0.1) is 7.85 Å². The van der Waals surface area contributed by atoms with Gasteiger partial charge in [-0.3, -0.25) is 4.79 Å². The molecule has 0 saturated heterocycles. The minimum absolute atomic E-state index is 0.0810. The van der Waals surface area contributed by atoms with Crippen molar-refractivity contribution >= 4 is 13.6 Å². The van der Waals surface area contributed by atoms with Crippen molar-refractivity contribution < 1.29 is 4.79 Å². The summed E-state index contributed by atoms with van der Waals surface area (Å²) in [4.78, 5) is 10.7.